The summed E-state index contributed by atoms with van der Waals surface area (Å²) in [5, 5.41) is 5.84. The number of amides is 2. The third-order valence-electron chi connectivity index (χ3n) is 4.36. The van der Waals surface area contributed by atoms with Gasteiger partial charge in [-0.3, -0.25) is 14.9 Å². The van der Waals surface area contributed by atoms with Gasteiger partial charge in [0.1, 0.15) is 0 Å². The quantitative estimate of drug-likeness (QED) is 0.643. The van der Waals surface area contributed by atoms with Gasteiger partial charge in [-0.15, -0.1) is 0 Å². The molecule has 0 spiro atoms. The van der Waals surface area contributed by atoms with Gasteiger partial charge in [0.2, 0.25) is 0 Å². The van der Waals surface area contributed by atoms with Crippen LogP contribution in [0.4, 0.5) is 5.69 Å². The second-order valence-electron chi connectivity index (χ2n) is 6.00. The van der Waals surface area contributed by atoms with Crippen molar-refractivity contribution >= 4 is 17.5 Å². The lowest BCUT2D eigenvalue weighted by molar-refractivity contribution is 0.0879. The molecular formula is C16H20N2O2. The highest BCUT2D eigenvalue weighted by Crippen LogP contribution is 2.26. The van der Waals surface area contributed by atoms with Crippen LogP contribution in [0.3, 0.4) is 0 Å². The second-order valence-corrected chi connectivity index (χ2v) is 6.00. The number of hydrogen-bond donors (Lipinski definition) is 2. The van der Waals surface area contributed by atoms with Crippen molar-refractivity contribution in [3.8, 4) is 0 Å². The first-order valence-electron chi connectivity index (χ1n) is 7.40. The standard InChI is InChI=1S/C16H20N2O2/c1-10-3-2-4-11(6-5-10)17-12-7-8-13-14(9-12)16(20)18-15(13)19/h7-11,17H,2-6H2,1H3,(H,18,19,20). The number of carbonyl (C=O) groups excluding carboxylic acids is 2. The fourth-order valence-electron chi connectivity index (χ4n) is 3.12. The Kier molecular flexibility index (Phi) is 3.47. The molecule has 2 amide bonds. The van der Waals surface area contributed by atoms with Gasteiger partial charge in [-0.2, -0.15) is 0 Å². The van der Waals surface area contributed by atoms with Gasteiger partial charge >= 0.3 is 0 Å². The summed E-state index contributed by atoms with van der Waals surface area (Å²) >= 11 is 0. The maximum Gasteiger partial charge on any atom is 0.259 e. The highest BCUT2D eigenvalue weighted by molar-refractivity contribution is 6.21. The third-order valence-corrected chi connectivity index (χ3v) is 4.36. The average molecular weight is 272 g/mol. The zero-order valence-corrected chi connectivity index (χ0v) is 11.7. The van der Waals surface area contributed by atoms with Crippen LogP contribution in [0, 0.1) is 5.92 Å². The van der Waals surface area contributed by atoms with E-state index in [1.807, 2.05) is 6.07 Å². The van der Waals surface area contributed by atoms with Gasteiger partial charge in [0.05, 0.1) is 11.1 Å². The summed E-state index contributed by atoms with van der Waals surface area (Å²) in [6.07, 6.45) is 6.15. The van der Waals surface area contributed by atoms with Crippen LogP contribution in [0.1, 0.15) is 59.7 Å². The summed E-state index contributed by atoms with van der Waals surface area (Å²) in [6, 6.07) is 5.89. The first kappa shape index (κ1) is 13.2. The van der Waals surface area contributed by atoms with E-state index >= 15 is 0 Å². The van der Waals surface area contributed by atoms with Gasteiger partial charge in [0.15, 0.2) is 0 Å². The first-order valence-corrected chi connectivity index (χ1v) is 7.40. The van der Waals surface area contributed by atoms with Crippen LogP contribution < -0.4 is 10.6 Å². The third kappa shape index (κ3) is 2.55. The van der Waals surface area contributed by atoms with E-state index in [2.05, 4.69) is 17.6 Å². The number of carbonyl (C=O) groups is 2. The van der Waals surface area contributed by atoms with E-state index in [1.165, 1.54) is 32.1 Å². The molecule has 1 aromatic rings. The SMILES string of the molecule is CC1CCCC(Nc2ccc3c(c2)C(=O)NC3=O)CC1. The molecule has 2 N–H and O–H groups in total. The molecule has 1 aliphatic carbocycles. The number of hydrogen-bond acceptors (Lipinski definition) is 3. The Morgan fingerprint density at radius 2 is 1.85 bits per heavy atom. The molecule has 2 aliphatic rings. The minimum atomic E-state index is -0.292. The van der Waals surface area contributed by atoms with Crippen LogP contribution in [-0.4, -0.2) is 17.9 Å². The van der Waals surface area contributed by atoms with Crippen molar-refractivity contribution in [3.05, 3.63) is 29.3 Å². The van der Waals surface area contributed by atoms with Crippen LogP contribution in [0.5, 0.6) is 0 Å². The molecule has 0 saturated heterocycles. The van der Waals surface area contributed by atoms with Gasteiger partial charge < -0.3 is 5.32 Å². The number of imide groups is 1. The minimum Gasteiger partial charge on any atom is -0.382 e. The lowest BCUT2D eigenvalue weighted by Gasteiger charge is -2.18. The van der Waals surface area contributed by atoms with E-state index in [1.54, 1.807) is 12.1 Å². The smallest absolute Gasteiger partial charge is 0.259 e. The van der Waals surface area contributed by atoms with Crippen molar-refractivity contribution in [2.75, 3.05) is 5.32 Å². The van der Waals surface area contributed by atoms with Crippen LogP contribution in [-0.2, 0) is 0 Å². The Hall–Kier alpha value is -1.84. The summed E-state index contributed by atoms with van der Waals surface area (Å²) in [6.45, 7) is 2.31. The molecule has 106 valence electrons. The fourth-order valence-corrected chi connectivity index (χ4v) is 3.12. The van der Waals surface area contributed by atoms with Crippen LogP contribution in [0.2, 0.25) is 0 Å². The topological polar surface area (TPSA) is 58.2 Å². The molecule has 1 heterocycles. The summed E-state index contributed by atoms with van der Waals surface area (Å²) in [7, 11) is 0. The number of anilines is 1. The Balaban J connectivity index is 1.74. The molecule has 0 radical (unpaired) electrons. The molecule has 2 atom stereocenters. The van der Waals surface area contributed by atoms with Gasteiger partial charge in [-0.1, -0.05) is 19.8 Å². The van der Waals surface area contributed by atoms with Crippen LogP contribution in [0.25, 0.3) is 0 Å². The maximum absolute atomic E-state index is 11.7. The summed E-state index contributed by atoms with van der Waals surface area (Å²) in [4.78, 5) is 23.2. The van der Waals surface area contributed by atoms with E-state index in [9.17, 15) is 9.59 Å². The van der Waals surface area contributed by atoms with E-state index in [0.717, 1.165) is 11.6 Å². The number of fused-ring (bicyclic) bond motifs is 1. The summed E-state index contributed by atoms with van der Waals surface area (Å²) < 4.78 is 0. The van der Waals surface area contributed by atoms with Crippen LogP contribution >= 0.6 is 0 Å². The molecule has 1 aromatic carbocycles. The van der Waals surface area contributed by atoms with E-state index in [4.69, 9.17) is 0 Å². The summed E-state index contributed by atoms with van der Waals surface area (Å²) in [5.74, 6) is 0.230. The molecule has 0 aromatic heterocycles. The molecule has 4 nitrogen and oxygen atoms in total. The van der Waals surface area contributed by atoms with Gasteiger partial charge in [0, 0.05) is 11.7 Å². The lowest BCUT2D eigenvalue weighted by atomic mass is 10.0. The monoisotopic (exact) mass is 272 g/mol. The minimum absolute atomic E-state index is 0.289. The number of nitrogens with one attached hydrogen (secondary N) is 2. The lowest BCUT2D eigenvalue weighted by Crippen LogP contribution is -2.20. The fraction of sp³-hybridized carbons (Fsp3) is 0.500. The Bertz CT molecular complexity index is 553. The van der Waals surface area contributed by atoms with Gasteiger partial charge in [-0.25, -0.2) is 0 Å². The van der Waals surface area contributed by atoms with Gasteiger partial charge in [0.25, 0.3) is 11.8 Å². The Labute approximate surface area is 118 Å². The zero-order valence-electron chi connectivity index (χ0n) is 11.7. The highest BCUT2D eigenvalue weighted by Gasteiger charge is 2.27. The Morgan fingerprint density at radius 3 is 2.70 bits per heavy atom. The predicted molar refractivity (Wildman–Crippen MR) is 77.9 cm³/mol. The highest BCUT2D eigenvalue weighted by atomic mass is 16.2. The molecule has 1 aliphatic heterocycles. The molecule has 4 heteroatoms. The molecular weight excluding hydrogens is 252 g/mol. The Morgan fingerprint density at radius 1 is 1.05 bits per heavy atom. The van der Waals surface area contributed by atoms with Gasteiger partial charge in [-0.05, 0) is 43.4 Å². The second kappa shape index (κ2) is 5.27. The molecule has 3 rings (SSSR count). The molecule has 20 heavy (non-hydrogen) atoms. The largest absolute Gasteiger partial charge is 0.382 e. The molecule has 1 saturated carbocycles. The zero-order chi connectivity index (χ0) is 14.1. The maximum atomic E-state index is 11.7. The van der Waals surface area contributed by atoms with Crippen molar-refractivity contribution in [1.82, 2.24) is 5.32 Å². The van der Waals surface area contributed by atoms with Crippen molar-refractivity contribution in [1.29, 1.82) is 0 Å². The molecule has 1 fully saturated rings. The normalized spacial score (nSPS) is 25.9. The van der Waals surface area contributed by atoms with Crippen LogP contribution in [0.15, 0.2) is 18.2 Å². The number of benzene rings is 1. The number of rotatable bonds is 2. The predicted octanol–water partition coefficient (Wildman–Crippen LogP) is 2.95. The molecule has 2 unspecified atom stereocenters. The van der Waals surface area contributed by atoms with E-state index in [0.29, 0.717) is 17.2 Å². The first-order chi connectivity index (χ1) is 9.63. The van der Waals surface area contributed by atoms with E-state index < -0.39 is 0 Å². The summed E-state index contributed by atoms with van der Waals surface area (Å²) in [5.41, 5.74) is 1.91. The van der Waals surface area contributed by atoms with E-state index in [-0.39, 0.29) is 11.8 Å². The molecule has 0 bridgehead atoms. The van der Waals surface area contributed by atoms with Crippen molar-refractivity contribution < 1.29 is 9.59 Å². The van der Waals surface area contributed by atoms with Crippen molar-refractivity contribution in [2.45, 2.75) is 45.1 Å². The van der Waals surface area contributed by atoms with Crippen molar-refractivity contribution in [3.63, 3.8) is 0 Å². The van der Waals surface area contributed by atoms with Crippen molar-refractivity contribution in [2.24, 2.45) is 5.92 Å². The average Bonchev–Trinajstić information content (AvgIpc) is 2.59.